The van der Waals surface area contributed by atoms with E-state index in [4.69, 9.17) is 4.42 Å². The molecular formula is C15H13N7O2. The maximum absolute atomic E-state index is 12.5. The molecule has 0 radical (unpaired) electrons. The second kappa shape index (κ2) is 5.30. The number of carbonyl (C=O) groups excluding carboxylic acids is 1. The van der Waals surface area contributed by atoms with E-state index in [0.29, 0.717) is 22.7 Å². The van der Waals surface area contributed by atoms with Crippen molar-refractivity contribution < 1.29 is 9.21 Å². The van der Waals surface area contributed by atoms with Crippen molar-refractivity contribution in [2.24, 2.45) is 7.05 Å². The van der Waals surface area contributed by atoms with Gasteiger partial charge in [-0.3, -0.25) is 19.2 Å². The number of aromatic nitrogens is 6. The van der Waals surface area contributed by atoms with E-state index < -0.39 is 0 Å². The van der Waals surface area contributed by atoms with Gasteiger partial charge in [0.2, 0.25) is 0 Å². The molecule has 0 aliphatic heterocycles. The minimum Gasteiger partial charge on any atom is -0.401 e. The number of anilines is 1. The van der Waals surface area contributed by atoms with Crippen molar-refractivity contribution in [1.29, 1.82) is 0 Å². The average molecular weight is 323 g/mol. The van der Waals surface area contributed by atoms with Gasteiger partial charge in [-0.25, -0.2) is 4.98 Å². The van der Waals surface area contributed by atoms with Crippen molar-refractivity contribution in [3.8, 4) is 11.6 Å². The number of nitrogens with one attached hydrogen (secondary N) is 1. The van der Waals surface area contributed by atoms with Crippen molar-refractivity contribution in [2.75, 3.05) is 5.32 Å². The van der Waals surface area contributed by atoms with Crippen LogP contribution < -0.4 is 5.32 Å². The molecule has 4 aromatic heterocycles. The second-order valence-corrected chi connectivity index (χ2v) is 5.22. The Morgan fingerprint density at radius 1 is 1.21 bits per heavy atom. The van der Waals surface area contributed by atoms with Crippen LogP contribution in [0.1, 0.15) is 16.2 Å². The van der Waals surface area contributed by atoms with Gasteiger partial charge in [-0.2, -0.15) is 5.10 Å². The van der Waals surface area contributed by atoms with Gasteiger partial charge in [-0.1, -0.05) is 11.2 Å². The lowest BCUT2D eigenvalue weighted by Gasteiger charge is -2.01. The van der Waals surface area contributed by atoms with Crippen LogP contribution in [0.3, 0.4) is 0 Å². The van der Waals surface area contributed by atoms with Gasteiger partial charge in [0.25, 0.3) is 11.8 Å². The van der Waals surface area contributed by atoms with Gasteiger partial charge in [0.1, 0.15) is 17.0 Å². The Kier molecular flexibility index (Phi) is 3.12. The molecule has 0 fully saturated rings. The molecule has 9 nitrogen and oxygen atoms in total. The van der Waals surface area contributed by atoms with Gasteiger partial charge < -0.3 is 4.42 Å². The Balaban J connectivity index is 1.62. The number of hydrogen-bond acceptors (Lipinski definition) is 6. The summed E-state index contributed by atoms with van der Waals surface area (Å²) in [6.45, 7) is 1.77. The highest BCUT2D eigenvalue weighted by Gasteiger charge is 2.19. The molecule has 0 aliphatic carbocycles. The molecule has 0 atom stereocenters. The molecule has 0 bridgehead atoms. The number of amides is 1. The summed E-state index contributed by atoms with van der Waals surface area (Å²) in [5.74, 6) is -0.136. The quantitative estimate of drug-likeness (QED) is 0.615. The van der Waals surface area contributed by atoms with Crippen LogP contribution in [-0.4, -0.2) is 35.3 Å². The van der Waals surface area contributed by atoms with E-state index in [1.165, 1.54) is 0 Å². The van der Waals surface area contributed by atoms with Crippen LogP contribution in [0.2, 0.25) is 0 Å². The zero-order valence-corrected chi connectivity index (χ0v) is 13.0. The number of hydrogen-bond donors (Lipinski definition) is 1. The first-order valence-corrected chi connectivity index (χ1v) is 7.20. The predicted octanol–water partition coefficient (Wildman–Crippen LogP) is 1.68. The largest absolute Gasteiger partial charge is 0.401 e. The first kappa shape index (κ1) is 14.1. The van der Waals surface area contributed by atoms with Crippen molar-refractivity contribution in [2.45, 2.75) is 6.92 Å². The van der Waals surface area contributed by atoms with Crippen LogP contribution in [0.5, 0.6) is 0 Å². The molecule has 1 amide bonds. The fourth-order valence-corrected chi connectivity index (χ4v) is 2.45. The normalized spacial score (nSPS) is 11.1. The van der Waals surface area contributed by atoms with Crippen LogP contribution in [0.25, 0.3) is 17.2 Å². The second-order valence-electron chi connectivity index (χ2n) is 5.22. The third-order valence-electron chi connectivity index (χ3n) is 3.50. The molecule has 120 valence electrons. The minimum atomic E-state index is -0.373. The average Bonchev–Trinajstić information content (AvgIpc) is 3.24. The first-order valence-electron chi connectivity index (χ1n) is 7.20. The smallest absolute Gasteiger partial charge is 0.322 e. The Hall–Kier alpha value is -3.49. The third kappa shape index (κ3) is 2.32. The zero-order valence-electron chi connectivity index (χ0n) is 13.0. The molecule has 0 saturated carbocycles. The Morgan fingerprint density at radius 3 is 2.88 bits per heavy atom. The third-order valence-corrected chi connectivity index (χ3v) is 3.50. The van der Waals surface area contributed by atoms with E-state index >= 15 is 0 Å². The van der Waals surface area contributed by atoms with Crippen LogP contribution >= 0.6 is 0 Å². The molecule has 4 heterocycles. The molecule has 4 rings (SSSR count). The van der Waals surface area contributed by atoms with E-state index in [-0.39, 0.29) is 17.8 Å². The molecule has 0 spiro atoms. The highest BCUT2D eigenvalue weighted by Crippen LogP contribution is 2.19. The van der Waals surface area contributed by atoms with Crippen molar-refractivity contribution in [3.63, 3.8) is 0 Å². The Labute approximate surface area is 135 Å². The van der Waals surface area contributed by atoms with Crippen molar-refractivity contribution >= 4 is 17.6 Å². The molecule has 0 saturated heterocycles. The summed E-state index contributed by atoms with van der Waals surface area (Å²) in [7, 11) is 1.79. The van der Waals surface area contributed by atoms with Crippen LogP contribution in [-0.2, 0) is 7.05 Å². The minimum absolute atomic E-state index is 0.00549. The summed E-state index contributed by atoms with van der Waals surface area (Å²) in [6.07, 6.45) is 3.54. The number of fused-ring (bicyclic) bond motifs is 1. The number of carbonyl (C=O) groups is 1. The van der Waals surface area contributed by atoms with Crippen LogP contribution in [0, 0.1) is 6.92 Å². The zero-order chi connectivity index (χ0) is 16.7. The topological polar surface area (TPSA) is 103 Å². The van der Waals surface area contributed by atoms with E-state index in [9.17, 15) is 4.79 Å². The molecule has 1 N–H and O–H groups in total. The standard InChI is InChI=1S/C15H13N7O2/c1-9-12(22-7-4-3-5-11(22)16-9)13(23)17-15-19-18-14(24-15)10-6-8-21(2)20-10/h3-8H,1-2H3,(H,17,19,23). The highest BCUT2D eigenvalue weighted by atomic mass is 16.4. The van der Waals surface area contributed by atoms with Gasteiger partial charge in [0.15, 0.2) is 0 Å². The Morgan fingerprint density at radius 2 is 2.08 bits per heavy atom. The van der Waals surface area contributed by atoms with Gasteiger partial charge in [-0.15, -0.1) is 5.10 Å². The summed E-state index contributed by atoms with van der Waals surface area (Å²) < 4.78 is 8.78. The lowest BCUT2D eigenvalue weighted by molar-refractivity contribution is 0.101. The molecule has 0 aliphatic rings. The summed E-state index contributed by atoms with van der Waals surface area (Å²) in [5.41, 5.74) is 2.27. The number of rotatable bonds is 3. The fraction of sp³-hybridized carbons (Fsp3) is 0.133. The molecular weight excluding hydrogens is 310 g/mol. The molecule has 0 aromatic carbocycles. The maximum Gasteiger partial charge on any atom is 0.322 e. The number of nitrogens with zero attached hydrogens (tertiary/aromatic N) is 6. The van der Waals surface area contributed by atoms with Crippen molar-refractivity contribution in [3.05, 3.63) is 48.0 Å². The van der Waals surface area contributed by atoms with E-state index in [2.05, 4.69) is 25.6 Å². The van der Waals surface area contributed by atoms with Gasteiger partial charge in [0, 0.05) is 19.4 Å². The lowest BCUT2D eigenvalue weighted by atomic mass is 10.3. The number of imidazole rings is 1. The van der Waals surface area contributed by atoms with Gasteiger partial charge in [-0.05, 0) is 25.1 Å². The van der Waals surface area contributed by atoms with E-state index in [1.807, 2.05) is 18.2 Å². The first-order chi connectivity index (χ1) is 11.6. The number of aryl methyl sites for hydroxylation is 2. The summed E-state index contributed by atoms with van der Waals surface area (Å²) in [6, 6.07) is 7.27. The molecule has 0 unspecified atom stereocenters. The highest BCUT2D eigenvalue weighted by molar-refractivity contribution is 6.03. The Bertz CT molecular complexity index is 1040. The summed E-state index contributed by atoms with van der Waals surface area (Å²) >= 11 is 0. The monoisotopic (exact) mass is 323 g/mol. The SMILES string of the molecule is Cc1nc2ccccn2c1C(=O)Nc1nnc(-c2ccn(C)n2)o1. The maximum atomic E-state index is 12.5. The summed E-state index contributed by atoms with van der Waals surface area (Å²) in [4.78, 5) is 16.9. The molecule has 24 heavy (non-hydrogen) atoms. The lowest BCUT2D eigenvalue weighted by Crippen LogP contribution is -2.15. The van der Waals surface area contributed by atoms with Crippen LogP contribution in [0.4, 0.5) is 6.01 Å². The molecule has 4 aromatic rings. The van der Waals surface area contributed by atoms with Gasteiger partial charge >= 0.3 is 6.01 Å². The van der Waals surface area contributed by atoms with Crippen LogP contribution in [0.15, 0.2) is 41.1 Å². The van der Waals surface area contributed by atoms with E-state index in [0.717, 1.165) is 0 Å². The predicted molar refractivity (Wildman–Crippen MR) is 84.4 cm³/mol. The molecule has 9 heteroatoms. The van der Waals surface area contributed by atoms with Gasteiger partial charge in [0.05, 0.1) is 5.69 Å². The number of pyridine rings is 1. The summed E-state index contributed by atoms with van der Waals surface area (Å²) in [5, 5.41) is 14.5. The fourth-order valence-electron chi connectivity index (χ4n) is 2.45. The van der Waals surface area contributed by atoms with Crippen molar-refractivity contribution in [1.82, 2.24) is 29.4 Å². The van der Waals surface area contributed by atoms with E-state index in [1.54, 1.807) is 41.5 Å².